The number of rotatable bonds is 32. The molecule has 0 N–H and O–H groups in total. The van der Waals surface area contributed by atoms with Crippen LogP contribution in [-0.4, -0.2) is 170 Å². The van der Waals surface area contributed by atoms with Gasteiger partial charge in [-0.05, 0) is 83.0 Å². The molecule has 0 radical (unpaired) electrons. The second kappa shape index (κ2) is 26.2. The lowest BCUT2D eigenvalue weighted by Gasteiger charge is -2.37. The fraction of sp³-hybridized carbons (Fsp3) is 1.00. The van der Waals surface area contributed by atoms with Crippen LogP contribution in [0.1, 0.15) is 51.4 Å². The van der Waals surface area contributed by atoms with Crippen LogP contribution in [-0.2, 0) is 53.1 Å². The van der Waals surface area contributed by atoms with Crippen molar-refractivity contribution in [2.24, 2.45) is 11.8 Å². The van der Waals surface area contributed by atoms with Gasteiger partial charge in [-0.25, -0.2) is 0 Å². The summed E-state index contributed by atoms with van der Waals surface area (Å²) in [6.45, 7) is 5.93. The van der Waals surface area contributed by atoms with Gasteiger partial charge in [0, 0.05) is 123 Å². The van der Waals surface area contributed by atoms with Crippen LogP contribution in [0.4, 0.5) is 0 Å². The van der Waals surface area contributed by atoms with Crippen molar-refractivity contribution in [1.82, 2.24) is 9.80 Å². The van der Waals surface area contributed by atoms with Crippen LogP contribution >= 0.6 is 0 Å². The van der Waals surface area contributed by atoms with Gasteiger partial charge in [0.1, 0.15) is 0 Å². The molecule has 1 aliphatic carbocycles. The third-order valence-corrected chi connectivity index (χ3v) is 21.8. The summed E-state index contributed by atoms with van der Waals surface area (Å²) in [5, 5.41) is 0. The van der Waals surface area contributed by atoms with E-state index in [9.17, 15) is 0 Å². The highest BCUT2D eigenvalue weighted by atomic mass is 28.4. The summed E-state index contributed by atoms with van der Waals surface area (Å²) in [7, 11) is 9.67. The quantitative estimate of drug-likeness (QED) is 0.0893. The van der Waals surface area contributed by atoms with E-state index in [-0.39, 0.29) is 0 Å². The predicted molar refractivity (Wildman–Crippen MR) is 203 cm³/mol. The molecule has 50 heavy (non-hydrogen) atoms. The maximum Gasteiger partial charge on any atom is 0.500 e. The Morgan fingerprint density at radius 2 is 0.600 bits per heavy atom. The SMILES string of the molecule is CO[Si](CCCN(CCC[Si](OC)(OC)OC)CC1CCCC(CN(CCC[Si](OC)(OC)OC)CCC[Si](OC)(OC)OC)C1)(OC)OC. The van der Waals surface area contributed by atoms with Crippen molar-refractivity contribution in [2.45, 2.75) is 75.5 Å². The normalized spacial score (nSPS) is 18.1. The van der Waals surface area contributed by atoms with Gasteiger partial charge in [0.2, 0.25) is 0 Å². The topological polar surface area (TPSA) is 117 Å². The highest BCUT2D eigenvalue weighted by Gasteiger charge is 2.40. The van der Waals surface area contributed by atoms with Crippen molar-refractivity contribution in [1.29, 1.82) is 0 Å². The summed E-state index contributed by atoms with van der Waals surface area (Å²) in [4.78, 5) is 5.22. The molecule has 1 aliphatic rings. The van der Waals surface area contributed by atoms with Crippen molar-refractivity contribution in [2.75, 3.05) is 125 Å². The summed E-state index contributed by atoms with van der Waals surface area (Å²) >= 11 is 0. The second-order valence-corrected chi connectivity index (χ2v) is 25.5. The monoisotopic (exact) mass is 790 g/mol. The minimum absolute atomic E-state index is 0.630. The molecule has 0 aromatic rings. The Labute approximate surface area is 309 Å². The van der Waals surface area contributed by atoms with Crippen LogP contribution in [0, 0.1) is 11.8 Å². The first-order valence-corrected chi connectivity index (χ1v) is 25.8. The van der Waals surface area contributed by atoms with E-state index in [1.54, 1.807) is 85.3 Å². The fourth-order valence-electron chi connectivity index (χ4n) is 7.35. The lowest BCUT2D eigenvalue weighted by atomic mass is 9.80. The molecular formula is C32H74N2O12Si4. The van der Waals surface area contributed by atoms with Gasteiger partial charge in [0.05, 0.1) is 0 Å². The maximum absolute atomic E-state index is 5.71. The minimum atomic E-state index is -2.63. The van der Waals surface area contributed by atoms with Crippen molar-refractivity contribution in [3.05, 3.63) is 0 Å². The Kier molecular flexibility index (Phi) is 25.3. The van der Waals surface area contributed by atoms with E-state index in [0.29, 0.717) is 11.8 Å². The molecule has 1 saturated carbocycles. The Morgan fingerprint density at radius 1 is 0.380 bits per heavy atom. The molecule has 2 unspecified atom stereocenters. The van der Waals surface area contributed by atoms with Crippen LogP contribution in [0.5, 0.6) is 0 Å². The third kappa shape index (κ3) is 16.0. The van der Waals surface area contributed by atoms with Crippen LogP contribution in [0.15, 0.2) is 0 Å². The summed E-state index contributed by atoms with van der Waals surface area (Å²) in [6.07, 6.45) is 8.73. The van der Waals surface area contributed by atoms with E-state index in [4.69, 9.17) is 53.1 Å². The van der Waals surface area contributed by atoms with E-state index in [1.807, 2.05) is 0 Å². The largest absolute Gasteiger partial charge is 0.500 e. The molecule has 0 heterocycles. The first-order valence-electron chi connectivity index (χ1n) is 18.1. The predicted octanol–water partition coefficient (Wildman–Crippen LogP) is 4.47. The zero-order chi connectivity index (χ0) is 37.5. The average Bonchev–Trinajstić information content (AvgIpc) is 3.16. The lowest BCUT2D eigenvalue weighted by Crippen LogP contribution is -2.45. The standard InChI is InChI=1S/C32H74N2O12Si4/c1-35-47(36-2,37-3)24-14-20-33(21-15-25-48(38-4,39-5)40-6)29-31-18-13-19-32(28-31)30-34(22-16-26-49(41-7,42-8)43-9)23-17-27-50(44-10,45-11)46-12/h31-32H,13-30H2,1-12H3. The van der Waals surface area contributed by atoms with Crippen molar-refractivity contribution in [3.8, 4) is 0 Å². The molecule has 0 saturated heterocycles. The minimum Gasteiger partial charge on any atom is -0.377 e. The highest BCUT2D eigenvalue weighted by molar-refractivity contribution is 6.61. The molecule has 2 atom stereocenters. The molecule has 1 fully saturated rings. The molecule has 0 aromatic carbocycles. The van der Waals surface area contributed by atoms with E-state index in [0.717, 1.165) is 89.1 Å². The number of hydrogen-bond donors (Lipinski definition) is 0. The highest BCUT2D eigenvalue weighted by Crippen LogP contribution is 2.31. The van der Waals surface area contributed by atoms with E-state index >= 15 is 0 Å². The molecule has 0 amide bonds. The van der Waals surface area contributed by atoms with Gasteiger partial charge in [-0.1, -0.05) is 6.42 Å². The van der Waals surface area contributed by atoms with Gasteiger partial charge < -0.3 is 62.9 Å². The van der Waals surface area contributed by atoms with Gasteiger partial charge in [-0.15, -0.1) is 0 Å². The summed E-state index contributed by atoms with van der Waals surface area (Å²) in [6, 6.07) is 3.11. The van der Waals surface area contributed by atoms with Gasteiger partial charge >= 0.3 is 35.2 Å². The Balaban J connectivity index is 3.00. The second-order valence-electron chi connectivity index (χ2n) is 13.1. The van der Waals surface area contributed by atoms with Crippen LogP contribution in [0.2, 0.25) is 24.2 Å². The van der Waals surface area contributed by atoms with Crippen LogP contribution in [0.3, 0.4) is 0 Å². The van der Waals surface area contributed by atoms with Gasteiger partial charge in [0.25, 0.3) is 0 Å². The molecule has 0 aromatic heterocycles. The number of nitrogens with zero attached hydrogens (tertiary/aromatic N) is 2. The Morgan fingerprint density at radius 3 is 0.800 bits per heavy atom. The molecule has 0 aliphatic heterocycles. The third-order valence-electron chi connectivity index (χ3n) is 10.5. The van der Waals surface area contributed by atoms with E-state index in [2.05, 4.69) is 9.80 Å². The van der Waals surface area contributed by atoms with Gasteiger partial charge in [0.15, 0.2) is 0 Å². The first kappa shape index (κ1) is 48.3. The first-order chi connectivity index (χ1) is 24.0. The summed E-state index contributed by atoms with van der Waals surface area (Å²) in [5.74, 6) is 1.26. The maximum atomic E-state index is 5.71. The molecule has 1 rings (SSSR count). The fourth-order valence-corrected chi connectivity index (χ4v) is 14.2. The summed E-state index contributed by atoms with van der Waals surface area (Å²) in [5.41, 5.74) is 0. The lowest BCUT2D eigenvalue weighted by molar-refractivity contribution is 0.112. The zero-order valence-corrected chi connectivity index (χ0v) is 37.7. The Hall–Kier alpha value is 0.308. The molecule has 0 spiro atoms. The Bertz CT molecular complexity index is 694. The van der Waals surface area contributed by atoms with Crippen LogP contribution in [0.25, 0.3) is 0 Å². The summed E-state index contributed by atoms with van der Waals surface area (Å²) < 4.78 is 68.5. The molecule has 0 bridgehead atoms. The zero-order valence-electron chi connectivity index (χ0n) is 33.7. The van der Waals surface area contributed by atoms with E-state index < -0.39 is 35.2 Å². The average molecular weight is 791 g/mol. The smallest absolute Gasteiger partial charge is 0.377 e. The van der Waals surface area contributed by atoms with Crippen molar-refractivity contribution in [3.63, 3.8) is 0 Å². The van der Waals surface area contributed by atoms with Gasteiger partial charge in [-0.2, -0.15) is 0 Å². The van der Waals surface area contributed by atoms with Crippen molar-refractivity contribution >= 4 is 35.2 Å². The van der Waals surface area contributed by atoms with Crippen LogP contribution < -0.4 is 0 Å². The molecule has 14 nitrogen and oxygen atoms in total. The number of hydrogen-bond acceptors (Lipinski definition) is 14. The molecule has 300 valence electrons. The molecule has 18 heteroatoms. The molecular weight excluding hydrogens is 717 g/mol. The van der Waals surface area contributed by atoms with Gasteiger partial charge in [-0.3, -0.25) is 0 Å². The van der Waals surface area contributed by atoms with Crippen molar-refractivity contribution < 1.29 is 53.1 Å². The van der Waals surface area contributed by atoms with E-state index in [1.165, 1.54) is 25.7 Å².